The summed E-state index contributed by atoms with van der Waals surface area (Å²) in [5.41, 5.74) is 2.03. The first-order chi connectivity index (χ1) is 12.6. The van der Waals surface area contributed by atoms with Crippen molar-refractivity contribution in [3.63, 3.8) is 0 Å². The number of amides is 1. The number of para-hydroxylation sites is 1. The van der Waals surface area contributed by atoms with Crippen LogP contribution in [-0.4, -0.2) is 49.1 Å². The Hall–Kier alpha value is -2.93. The first-order valence-electron chi connectivity index (χ1n) is 8.47. The number of ether oxygens (including phenoxy) is 1. The molecule has 0 bridgehead atoms. The second-order valence-electron chi connectivity index (χ2n) is 6.20. The maximum Gasteiger partial charge on any atom is 0.282 e. The molecule has 0 spiro atoms. The highest BCUT2D eigenvalue weighted by Gasteiger charge is 2.22. The Bertz CT molecular complexity index is 786. The molecule has 1 aliphatic heterocycles. The van der Waals surface area contributed by atoms with Gasteiger partial charge in [0.1, 0.15) is 5.56 Å². The van der Waals surface area contributed by atoms with Crippen LogP contribution in [0.3, 0.4) is 0 Å². The lowest BCUT2D eigenvalue weighted by atomic mass is 10.1. The van der Waals surface area contributed by atoms with E-state index in [1.54, 1.807) is 19.2 Å². The molecular formula is C19H21N3O4. The van der Waals surface area contributed by atoms with E-state index in [-0.39, 0.29) is 17.2 Å². The maximum absolute atomic E-state index is 12.6. The summed E-state index contributed by atoms with van der Waals surface area (Å²) in [4.78, 5) is 26.9. The molecule has 1 heterocycles. The SMILES string of the molecule is CN(Cc1ccc(N2CCOCC2)cc1)C(=O)c1ccccc1[N+](=O)[O-]. The monoisotopic (exact) mass is 355 g/mol. The van der Waals surface area contributed by atoms with E-state index in [1.165, 1.54) is 17.0 Å². The molecule has 0 unspecified atom stereocenters. The number of carbonyl (C=O) groups is 1. The Kier molecular flexibility index (Phi) is 5.48. The molecule has 0 atom stereocenters. The zero-order valence-electron chi connectivity index (χ0n) is 14.6. The fourth-order valence-electron chi connectivity index (χ4n) is 3.00. The summed E-state index contributed by atoms with van der Waals surface area (Å²) in [6.45, 7) is 3.59. The van der Waals surface area contributed by atoms with Crippen LogP contribution in [-0.2, 0) is 11.3 Å². The van der Waals surface area contributed by atoms with Gasteiger partial charge >= 0.3 is 0 Å². The molecule has 0 N–H and O–H groups in total. The maximum atomic E-state index is 12.6. The van der Waals surface area contributed by atoms with E-state index in [0.29, 0.717) is 6.54 Å². The van der Waals surface area contributed by atoms with Crippen molar-refractivity contribution in [2.24, 2.45) is 0 Å². The molecule has 2 aromatic rings. The van der Waals surface area contributed by atoms with E-state index >= 15 is 0 Å². The molecule has 136 valence electrons. The van der Waals surface area contributed by atoms with Crippen molar-refractivity contribution in [2.75, 3.05) is 38.3 Å². The molecule has 1 fully saturated rings. The number of hydrogen-bond acceptors (Lipinski definition) is 5. The van der Waals surface area contributed by atoms with Gasteiger partial charge in [-0.2, -0.15) is 0 Å². The van der Waals surface area contributed by atoms with Crippen molar-refractivity contribution in [2.45, 2.75) is 6.54 Å². The highest BCUT2D eigenvalue weighted by molar-refractivity contribution is 5.97. The number of morpholine rings is 1. The quantitative estimate of drug-likeness (QED) is 0.609. The summed E-state index contributed by atoms with van der Waals surface area (Å²) in [6, 6.07) is 14.0. The minimum absolute atomic E-state index is 0.102. The predicted molar refractivity (Wildman–Crippen MR) is 98.4 cm³/mol. The molecule has 26 heavy (non-hydrogen) atoms. The Balaban J connectivity index is 1.68. The molecule has 2 aromatic carbocycles. The molecule has 0 saturated carbocycles. The Morgan fingerprint density at radius 1 is 1.15 bits per heavy atom. The van der Waals surface area contributed by atoms with Gasteiger partial charge in [0, 0.05) is 38.4 Å². The summed E-state index contributed by atoms with van der Waals surface area (Å²) in [7, 11) is 1.65. The van der Waals surface area contributed by atoms with Crippen LogP contribution in [0, 0.1) is 10.1 Å². The van der Waals surface area contributed by atoms with Gasteiger partial charge in [-0.05, 0) is 23.8 Å². The van der Waals surface area contributed by atoms with E-state index in [4.69, 9.17) is 4.74 Å². The zero-order valence-corrected chi connectivity index (χ0v) is 14.6. The summed E-state index contributed by atoms with van der Waals surface area (Å²) in [5, 5.41) is 11.1. The zero-order chi connectivity index (χ0) is 18.5. The number of anilines is 1. The lowest BCUT2D eigenvalue weighted by Gasteiger charge is -2.29. The van der Waals surface area contributed by atoms with Crippen LogP contribution in [0.2, 0.25) is 0 Å². The molecule has 0 aromatic heterocycles. The molecule has 7 heteroatoms. The fourth-order valence-corrected chi connectivity index (χ4v) is 3.00. The molecule has 1 saturated heterocycles. The average Bonchev–Trinajstić information content (AvgIpc) is 2.68. The average molecular weight is 355 g/mol. The normalized spacial score (nSPS) is 14.1. The number of nitrogens with zero attached hydrogens (tertiary/aromatic N) is 3. The minimum Gasteiger partial charge on any atom is -0.378 e. The van der Waals surface area contributed by atoms with Crippen molar-refractivity contribution in [3.8, 4) is 0 Å². The second kappa shape index (κ2) is 7.97. The summed E-state index contributed by atoms with van der Waals surface area (Å²) in [5.74, 6) is -0.366. The van der Waals surface area contributed by atoms with Gasteiger partial charge in [0.15, 0.2) is 0 Å². The molecule has 1 amide bonds. The fraction of sp³-hybridized carbons (Fsp3) is 0.316. The van der Waals surface area contributed by atoms with Gasteiger partial charge < -0.3 is 14.5 Å². The summed E-state index contributed by atoms with van der Waals surface area (Å²) < 4.78 is 5.36. The van der Waals surface area contributed by atoms with Gasteiger partial charge in [0.25, 0.3) is 11.6 Å². The third kappa shape index (κ3) is 4.00. The summed E-state index contributed by atoms with van der Waals surface area (Å²) >= 11 is 0. The van der Waals surface area contributed by atoms with Gasteiger partial charge in [-0.25, -0.2) is 0 Å². The largest absolute Gasteiger partial charge is 0.378 e. The molecular weight excluding hydrogens is 334 g/mol. The molecule has 3 rings (SSSR count). The van der Waals surface area contributed by atoms with Gasteiger partial charge in [-0.15, -0.1) is 0 Å². The minimum atomic E-state index is -0.530. The van der Waals surface area contributed by atoms with E-state index in [0.717, 1.165) is 37.6 Å². The van der Waals surface area contributed by atoms with Crippen molar-refractivity contribution in [1.82, 2.24) is 4.90 Å². The lowest BCUT2D eigenvalue weighted by Crippen LogP contribution is -2.36. The van der Waals surface area contributed by atoms with Crippen LogP contribution in [0.5, 0.6) is 0 Å². The summed E-state index contributed by atoms with van der Waals surface area (Å²) in [6.07, 6.45) is 0. The molecule has 0 radical (unpaired) electrons. The highest BCUT2D eigenvalue weighted by Crippen LogP contribution is 2.21. The molecule has 0 aliphatic carbocycles. The first-order valence-corrected chi connectivity index (χ1v) is 8.47. The Morgan fingerprint density at radius 2 is 1.81 bits per heavy atom. The van der Waals surface area contributed by atoms with Crippen LogP contribution in [0.15, 0.2) is 48.5 Å². The number of hydrogen-bond donors (Lipinski definition) is 0. The van der Waals surface area contributed by atoms with Crippen molar-refractivity contribution >= 4 is 17.3 Å². The number of carbonyl (C=O) groups excluding carboxylic acids is 1. The van der Waals surface area contributed by atoms with Crippen LogP contribution in [0.25, 0.3) is 0 Å². The van der Waals surface area contributed by atoms with Crippen LogP contribution in [0.1, 0.15) is 15.9 Å². The van der Waals surface area contributed by atoms with Gasteiger partial charge in [0.2, 0.25) is 0 Å². The number of rotatable bonds is 5. The highest BCUT2D eigenvalue weighted by atomic mass is 16.6. The Labute approximate surface area is 151 Å². The van der Waals surface area contributed by atoms with E-state index < -0.39 is 4.92 Å². The third-order valence-electron chi connectivity index (χ3n) is 4.41. The third-order valence-corrected chi connectivity index (χ3v) is 4.41. The van der Waals surface area contributed by atoms with Gasteiger partial charge in [-0.1, -0.05) is 24.3 Å². The van der Waals surface area contributed by atoms with Gasteiger partial charge in [0.05, 0.1) is 18.1 Å². The van der Waals surface area contributed by atoms with E-state index in [1.807, 2.05) is 24.3 Å². The molecule has 1 aliphatic rings. The standard InChI is InChI=1S/C19H21N3O4/c1-20(19(23)17-4-2-3-5-18(17)22(24)25)14-15-6-8-16(9-7-15)21-10-12-26-13-11-21/h2-9H,10-14H2,1H3. The van der Waals surface area contributed by atoms with Crippen LogP contribution < -0.4 is 4.90 Å². The van der Waals surface area contributed by atoms with Crippen molar-refractivity contribution < 1.29 is 14.5 Å². The van der Waals surface area contributed by atoms with Gasteiger partial charge in [-0.3, -0.25) is 14.9 Å². The second-order valence-corrected chi connectivity index (χ2v) is 6.20. The Morgan fingerprint density at radius 3 is 2.46 bits per heavy atom. The van der Waals surface area contributed by atoms with Crippen LogP contribution >= 0.6 is 0 Å². The smallest absolute Gasteiger partial charge is 0.282 e. The number of nitro benzene ring substituents is 1. The van der Waals surface area contributed by atoms with Crippen molar-refractivity contribution in [1.29, 1.82) is 0 Å². The number of benzene rings is 2. The topological polar surface area (TPSA) is 75.9 Å². The lowest BCUT2D eigenvalue weighted by molar-refractivity contribution is -0.385. The van der Waals surface area contributed by atoms with Crippen molar-refractivity contribution in [3.05, 3.63) is 69.8 Å². The predicted octanol–water partition coefficient (Wildman–Crippen LogP) is 2.70. The van der Waals surface area contributed by atoms with Crippen LogP contribution in [0.4, 0.5) is 11.4 Å². The van der Waals surface area contributed by atoms with E-state index in [2.05, 4.69) is 4.90 Å². The molecule has 7 nitrogen and oxygen atoms in total. The van der Waals surface area contributed by atoms with E-state index in [9.17, 15) is 14.9 Å². The number of nitro groups is 1. The first kappa shape index (κ1) is 17.9.